The van der Waals surface area contributed by atoms with E-state index in [1.807, 2.05) is 12.1 Å². The lowest BCUT2D eigenvalue weighted by Gasteiger charge is -2.14. The summed E-state index contributed by atoms with van der Waals surface area (Å²) >= 11 is 3.34. The van der Waals surface area contributed by atoms with Crippen molar-refractivity contribution in [3.63, 3.8) is 0 Å². The second kappa shape index (κ2) is 9.21. The Morgan fingerprint density at radius 2 is 2.16 bits per heavy atom. The molecule has 2 N–H and O–H groups in total. The van der Waals surface area contributed by atoms with Gasteiger partial charge < -0.3 is 5.73 Å². The first-order valence-electron chi connectivity index (χ1n) is 6.98. The number of hydrogen-bond acceptors (Lipinski definition) is 3. The van der Waals surface area contributed by atoms with E-state index >= 15 is 0 Å². The van der Waals surface area contributed by atoms with Crippen molar-refractivity contribution in [3.8, 4) is 0 Å². The fraction of sp³-hybridized carbons (Fsp3) is 0.600. The third-order valence-corrected chi connectivity index (χ3v) is 3.74. The smallest absolute Gasteiger partial charge is 0.138 e. The normalized spacial score (nSPS) is 12.4. The van der Waals surface area contributed by atoms with Crippen molar-refractivity contribution in [2.45, 2.75) is 45.4 Å². The standard InChI is InChI=1S/C15H23BrN2O/c1-2-3-12(8-9-17)4-7-15(19)10-14-6-5-13(16)11-18-14/h5-6,11-12H,2-4,7-10,17H2,1H3. The van der Waals surface area contributed by atoms with Gasteiger partial charge in [-0.15, -0.1) is 0 Å². The van der Waals surface area contributed by atoms with Crippen LogP contribution in [0.2, 0.25) is 0 Å². The van der Waals surface area contributed by atoms with Gasteiger partial charge in [0.05, 0.1) is 0 Å². The minimum Gasteiger partial charge on any atom is -0.330 e. The first-order chi connectivity index (χ1) is 9.15. The third kappa shape index (κ3) is 6.83. The van der Waals surface area contributed by atoms with Crippen LogP contribution in [0.3, 0.4) is 0 Å². The molecule has 0 saturated carbocycles. The molecule has 1 unspecified atom stereocenters. The number of pyridine rings is 1. The van der Waals surface area contributed by atoms with Crippen LogP contribution in [-0.4, -0.2) is 17.3 Å². The van der Waals surface area contributed by atoms with Gasteiger partial charge in [-0.05, 0) is 53.4 Å². The molecule has 1 aromatic heterocycles. The Morgan fingerprint density at radius 1 is 1.37 bits per heavy atom. The number of carbonyl (C=O) groups is 1. The van der Waals surface area contributed by atoms with Crippen molar-refractivity contribution < 1.29 is 4.79 Å². The zero-order chi connectivity index (χ0) is 14.1. The van der Waals surface area contributed by atoms with Crippen LogP contribution in [0.25, 0.3) is 0 Å². The van der Waals surface area contributed by atoms with Gasteiger partial charge in [-0.25, -0.2) is 0 Å². The zero-order valence-corrected chi connectivity index (χ0v) is 13.2. The number of nitrogens with two attached hydrogens (primary N) is 1. The molecule has 0 aromatic carbocycles. The summed E-state index contributed by atoms with van der Waals surface area (Å²) in [4.78, 5) is 16.2. The molecule has 0 saturated heterocycles. The summed E-state index contributed by atoms with van der Waals surface area (Å²) < 4.78 is 0.939. The van der Waals surface area contributed by atoms with Crippen LogP contribution >= 0.6 is 15.9 Å². The molecule has 1 heterocycles. The number of rotatable bonds is 9. The summed E-state index contributed by atoms with van der Waals surface area (Å²) in [6.07, 6.45) is 7.13. The number of halogens is 1. The zero-order valence-electron chi connectivity index (χ0n) is 11.6. The summed E-state index contributed by atoms with van der Waals surface area (Å²) in [7, 11) is 0. The Labute approximate surface area is 124 Å². The number of Topliss-reactive ketones (excluding diaryl/α,β-unsaturated/α-hetero) is 1. The van der Waals surface area contributed by atoms with E-state index < -0.39 is 0 Å². The number of aromatic nitrogens is 1. The van der Waals surface area contributed by atoms with Crippen molar-refractivity contribution in [1.82, 2.24) is 4.98 Å². The second-order valence-corrected chi connectivity index (χ2v) is 5.87. The highest BCUT2D eigenvalue weighted by Gasteiger charge is 2.11. The first-order valence-corrected chi connectivity index (χ1v) is 7.77. The molecule has 0 aliphatic carbocycles. The summed E-state index contributed by atoms with van der Waals surface area (Å²) in [5, 5.41) is 0. The topological polar surface area (TPSA) is 56.0 Å². The van der Waals surface area contributed by atoms with E-state index in [1.165, 1.54) is 6.42 Å². The minimum atomic E-state index is 0.271. The minimum absolute atomic E-state index is 0.271. The lowest BCUT2D eigenvalue weighted by atomic mass is 9.93. The predicted molar refractivity (Wildman–Crippen MR) is 82.0 cm³/mol. The average molecular weight is 327 g/mol. The Balaban J connectivity index is 2.35. The summed E-state index contributed by atoms with van der Waals surface area (Å²) in [5.74, 6) is 0.866. The number of ketones is 1. The van der Waals surface area contributed by atoms with E-state index in [4.69, 9.17) is 5.73 Å². The first kappa shape index (κ1) is 16.3. The fourth-order valence-corrected chi connectivity index (χ4v) is 2.48. The van der Waals surface area contributed by atoms with E-state index in [0.29, 0.717) is 25.3 Å². The van der Waals surface area contributed by atoms with E-state index in [9.17, 15) is 4.79 Å². The lowest BCUT2D eigenvalue weighted by molar-refractivity contribution is -0.118. The van der Waals surface area contributed by atoms with Crippen molar-refractivity contribution in [2.24, 2.45) is 11.7 Å². The van der Waals surface area contributed by atoms with Gasteiger partial charge in [0.2, 0.25) is 0 Å². The highest BCUT2D eigenvalue weighted by Crippen LogP contribution is 2.18. The Hall–Kier alpha value is -0.740. The van der Waals surface area contributed by atoms with Crippen molar-refractivity contribution in [1.29, 1.82) is 0 Å². The number of carbonyl (C=O) groups excluding carboxylic acids is 1. The molecular formula is C15H23BrN2O. The quantitative estimate of drug-likeness (QED) is 0.755. The molecule has 0 aliphatic heterocycles. The van der Waals surface area contributed by atoms with Crippen LogP contribution in [0, 0.1) is 5.92 Å². The molecule has 1 rings (SSSR count). The van der Waals surface area contributed by atoms with Gasteiger partial charge >= 0.3 is 0 Å². The molecule has 106 valence electrons. The van der Waals surface area contributed by atoms with Crippen LogP contribution in [0.4, 0.5) is 0 Å². The highest BCUT2D eigenvalue weighted by molar-refractivity contribution is 9.10. The lowest BCUT2D eigenvalue weighted by Crippen LogP contribution is -2.12. The maximum Gasteiger partial charge on any atom is 0.138 e. The van der Waals surface area contributed by atoms with Crippen LogP contribution in [0.15, 0.2) is 22.8 Å². The molecule has 3 nitrogen and oxygen atoms in total. The summed E-state index contributed by atoms with van der Waals surface area (Å²) in [6, 6.07) is 3.81. The molecule has 1 atom stereocenters. The maximum absolute atomic E-state index is 11.9. The Kier molecular flexibility index (Phi) is 7.91. The van der Waals surface area contributed by atoms with Gasteiger partial charge in [-0.1, -0.05) is 19.8 Å². The molecule has 0 spiro atoms. The predicted octanol–water partition coefficient (Wildman–Crippen LogP) is 3.50. The molecule has 4 heteroatoms. The van der Waals surface area contributed by atoms with E-state index in [0.717, 1.165) is 29.4 Å². The van der Waals surface area contributed by atoms with Gasteiger partial charge in [0.25, 0.3) is 0 Å². The average Bonchev–Trinajstić information content (AvgIpc) is 2.39. The third-order valence-electron chi connectivity index (χ3n) is 3.27. The summed E-state index contributed by atoms with van der Waals surface area (Å²) in [5.41, 5.74) is 6.45. The van der Waals surface area contributed by atoms with Crippen molar-refractivity contribution >= 4 is 21.7 Å². The molecule has 0 radical (unpaired) electrons. The molecule has 0 fully saturated rings. The Bertz CT molecular complexity index is 372. The number of hydrogen-bond donors (Lipinski definition) is 1. The van der Waals surface area contributed by atoms with Crippen molar-refractivity contribution in [3.05, 3.63) is 28.5 Å². The van der Waals surface area contributed by atoms with Gasteiger partial charge in [-0.3, -0.25) is 9.78 Å². The van der Waals surface area contributed by atoms with Gasteiger partial charge in [-0.2, -0.15) is 0 Å². The van der Waals surface area contributed by atoms with Crippen LogP contribution in [0.1, 0.15) is 44.7 Å². The molecule has 19 heavy (non-hydrogen) atoms. The highest BCUT2D eigenvalue weighted by atomic mass is 79.9. The van der Waals surface area contributed by atoms with E-state index in [1.54, 1.807) is 6.20 Å². The van der Waals surface area contributed by atoms with Crippen LogP contribution in [0.5, 0.6) is 0 Å². The molecular weight excluding hydrogens is 304 g/mol. The van der Waals surface area contributed by atoms with Gasteiger partial charge in [0.15, 0.2) is 0 Å². The Morgan fingerprint density at radius 3 is 2.74 bits per heavy atom. The van der Waals surface area contributed by atoms with Crippen LogP contribution in [-0.2, 0) is 11.2 Å². The van der Waals surface area contributed by atoms with Crippen LogP contribution < -0.4 is 5.73 Å². The summed E-state index contributed by atoms with van der Waals surface area (Å²) in [6.45, 7) is 2.89. The maximum atomic E-state index is 11.9. The van der Waals surface area contributed by atoms with Gasteiger partial charge in [0, 0.05) is 29.2 Å². The second-order valence-electron chi connectivity index (χ2n) is 4.95. The van der Waals surface area contributed by atoms with Gasteiger partial charge in [0.1, 0.15) is 5.78 Å². The van der Waals surface area contributed by atoms with E-state index in [2.05, 4.69) is 27.8 Å². The molecule has 0 amide bonds. The largest absolute Gasteiger partial charge is 0.330 e. The monoisotopic (exact) mass is 326 g/mol. The fourth-order valence-electron chi connectivity index (χ4n) is 2.24. The number of nitrogens with zero attached hydrogens (tertiary/aromatic N) is 1. The van der Waals surface area contributed by atoms with E-state index in [-0.39, 0.29) is 5.78 Å². The molecule has 0 aliphatic rings. The molecule has 1 aromatic rings. The molecule has 0 bridgehead atoms. The SMILES string of the molecule is CCCC(CCN)CCC(=O)Cc1ccc(Br)cn1. The van der Waals surface area contributed by atoms with Crippen molar-refractivity contribution in [2.75, 3.05) is 6.54 Å².